The van der Waals surface area contributed by atoms with Crippen LogP contribution in [0.25, 0.3) is 0 Å². The van der Waals surface area contributed by atoms with E-state index >= 15 is 0 Å². The molecule has 1 N–H and O–H groups in total. The molecule has 0 spiro atoms. The van der Waals surface area contributed by atoms with Gasteiger partial charge in [0.15, 0.2) is 0 Å². The van der Waals surface area contributed by atoms with E-state index in [0.717, 1.165) is 5.69 Å². The Labute approximate surface area is 106 Å². The molecule has 0 radical (unpaired) electrons. The molecule has 4 nitrogen and oxygen atoms in total. The number of rotatable bonds is 6. The van der Waals surface area contributed by atoms with E-state index in [9.17, 15) is 4.79 Å². The minimum Gasteiger partial charge on any atom is -0.495 e. The van der Waals surface area contributed by atoms with Crippen LogP contribution in [0.1, 0.15) is 13.3 Å². The molecule has 17 heavy (non-hydrogen) atoms. The number of carbonyl (C=O) groups is 1. The second-order valence-corrected chi connectivity index (χ2v) is 3.98. The van der Waals surface area contributed by atoms with Crippen molar-refractivity contribution in [1.29, 1.82) is 0 Å². The molecule has 0 unspecified atom stereocenters. The van der Waals surface area contributed by atoms with Crippen molar-refractivity contribution < 1.29 is 14.6 Å². The molecule has 94 valence electrons. The molecule has 0 aliphatic rings. The van der Waals surface area contributed by atoms with E-state index in [2.05, 4.69) is 0 Å². The monoisotopic (exact) mass is 257 g/mol. The van der Waals surface area contributed by atoms with Crippen LogP contribution >= 0.6 is 11.6 Å². The summed E-state index contributed by atoms with van der Waals surface area (Å²) in [5.74, 6) is -0.119. The van der Waals surface area contributed by atoms with Gasteiger partial charge in [-0.25, -0.2) is 0 Å². The Kier molecular flexibility index (Phi) is 5.10. The summed E-state index contributed by atoms with van der Waals surface area (Å²) in [5, 5.41) is 9.31. The van der Waals surface area contributed by atoms with Crippen LogP contribution in [0.3, 0.4) is 0 Å². The van der Waals surface area contributed by atoms with Gasteiger partial charge in [-0.15, -0.1) is 0 Å². The minimum absolute atomic E-state index is 0.0868. The van der Waals surface area contributed by atoms with Gasteiger partial charge in [-0.3, -0.25) is 4.79 Å². The standard InChI is InChI=1S/C12H16ClNO3/c1-3-14(7-6-12(15)16)10-8-9(13)4-5-11(10)17-2/h4-5,8H,3,6-7H2,1-2H3,(H,15,16). The van der Waals surface area contributed by atoms with Crippen LogP contribution in [0.2, 0.25) is 5.02 Å². The lowest BCUT2D eigenvalue weighted by Crippen LogP contribution is -2.26. The summed E-state index contributed by atoms with van der Waals surface area (Å²) in [4.78, 5) is 12.5. The summed E-state index contributed by atoms with van der Waals surface area (Å²) in [6.07, 6.45) is 0.0868. The number of halogens is 1. The molecule has 0 saturated heterocycles. The topological polar surface area (TPSA) is 49.8 Å². The highest BCUT2D eigenvalue weighted by atomic mass is 35.5. The number of carboxylic acid groups (broad SMARTS) is 1. The summed E-state index contributed by atoms with van der Waals surface area (Å²) in [6, 6.07) is 5.31. The maximum absolute atomic E-state index is 10.6. The highest BCUT2D eigenvalue weighted by Gasteiger charge is 2.12. The van der Waals surface area contributed by atoms with Crippen LogP contribution in [0.4, 0.5) is 5.69 Å². The van der Waals surface area contributed by atoms with E-state index in [1.807, 2.05) is 11.8 Å². The summed E-state index contributed by atoms with van der Waals surface area (Å²) in [7, 11) is 1.58. The molecular weight excluding hydrogens is 242 g/mol. The van der Waals surface area contributed by atoms with E-state index in [-0.39, 0.29) is 6.42 Å². The van der Waals surface area contributed by atoms with Gasteiger partial charge in [-0.2, -0.15) is 0 Å². The quantitative estimate of drug-likeness (QED) is 0.851. The molecule has 0 aromatic heterocycles. The Morgan fingerprint density at radius 2 is 2.24 bits per heavy atom. The summed E-state index contributed by atoms with van der Waals surface area (Å²) in [6.45, 7) is 3.09. The molecule has 0 heterocycles. The van der Waals surface area contributed by atoms with Crippen LogP contribution in [0.5, 0.6) is 5.75 Å². The third-order valence-electron chi connectivity index (χ3n) is 2.46. The van der Waals surface area contributed by atoms with E-state index in [1.165, 1.54) is 0 Å². The van der Waals surface area contributed by atoms with Gasteiger partial charge in [0.05, 0.1) is 19.2 Å². The molecule has 1 aromatic rings. The minimum atomic E-state index is -0.815. The first-order chi connectivity index (χ1) is 8.08. The van der Waals surface area contributed by atoms with E-state index in [0.29, 0.717) is 23.9 Å². The molecule has 0 atom stereocenters. The molecule has 0 aliphatic carbocycles. The summed E-state index contributed by atoms with van der Waals surface area (Å²) >= 11 is 5.94. The van der Waals surface area contributed by atoms with Gasteiger partial charge in [0, 0.05) is 18.1 Å². The predicted molar refractivity (Wildman–Crippen MR) is 68.1 cm³/mol. The molecule has 1 aromatic carbocycles. The first kappa shape index (κ1) is 13.6. The first-order valence-corrected chi connectivity index (χ1v) is 5.76. The molecule has 0 bridgehead atoms. The number of nitrogens with zero attached hydrogens (tertiary/aromatic N) is 1. The Bertz CT molecular complexity index is 395. The van der Waals surface area contributed by atoms with Crippen molar-refractivity contribution in [3.05, 3.63) is 23.2 Å². The van der Waals surface area contributed by atoms with Crippen LogP contribution in [0.15, 0.2) is 18.2 Å². The number of hydrogen-bond acceptors (Lipinski definition) is 3. The maximum Gasteiger partial charge on any atom is 0.305 e. The van der Waals surface area contributed by atoms with E-state index in [1.54, 1.807) is 25.3 Å². The van der Waals surface area contributed by atoms with Gasteiger partial charge in [0.2, 0.25) is 0 Å². The van der Waals surface area contributed by atoms with Crippen LogP contribution < -0.4 is 9.64 Å². The van der Waals surface area contributed by atoms with Crippen molar-refractivity contribution in [1.82, 2.24) is 0 Å². The van der Waals surface area contributed by atoms with Gasteiger partial charge in [-0.05, 0) is 25.1 Å². The maximum atomic E-state index is 10.6. The van der Waals surface area contributed by atoms with Crippen molar-refractivity contribution in [2.75, 3.05) is 25.1 Å². The fourth-order valence-corrected chi connectivity index (χ4v) is 1.76. The largest absolute Gasteiger partial charge is 0.495 e. The average molecular weight is 258 g/mol. The number of hydrogen-bond donors (Lipinski definition) is 1. The Morgan fingerprint density at radius 3 is 2.76 bits per heavy atom. The number of methoxy groups -OCH3 is 1. The van der Waals surface area contributed by atoms with Crippen LogP contribution in [-0.2, 0) is 4.79 Å². The second kappa shape index (κ2) is 6.35. The van der Waals surface area contributed by atoms with Crippen molar-refractivity contribution in [2.45, 2.75) is 13.3 Å². The van der Waals surface area contributed by atoms with Gasteiger partial charge in [-0.1, -0.05) is 11.6 Å². The van der Waals surface area contributed by atoms with Gasteiger partial charge < -0.3 is 14.7 Å². The Balaban J connectivity index is 2.93. The zero-order valence-electron chi connectivity index (χ0n) is 9.94. The molecule has 0 fully saturated rings. The smallest absolute Gasteiger partial charge is 0.305 e. The number of ether oxygens (including phenoxy) is 1. The van der Waals surface area contributed by atoms with Gasteiger partial charge in [0.1, 0.15) is 5.75 Å². The molecular formula is C12H16ClNO3. The zero-order valence-corrected chi connectivity index (χ0v) is 10.7. The van der Waals surface area contributed by atoms with Crippen molar-refractivity contribution in [3.63, 3.8) is 0 Å². The molecule has 0 amide bonds. The summed E-state index contributed by atoms with van der Waals surface area (Å²) < 4.78 is 5.24. The van der Waals surface area contributed by atoms with E-state index < -0.39 is 5.97 Å². The number of anilines is 1. The van der Waals surface area contributed by atoms with Crippen molar-refractivity contribution >= 4 is 23.3 Å². The lowest BCUT2D eigenvalue weighted by molar-refractivity contribution is -0.136. The highest BCUT2D eigenvalue weighted by molar-refractivity contribution is 6.30. The molecule has 5 heteroatoms. The number of benzene rings is 1. The zero-order chi connectivity index (χ0) is 12.8. The Hall–Kier alpha value is -1.42. The molecule has 0 aliphatic heterocycles. The average Bonchev–Trinajstić information content (AvgIpc) is 2.30. The normalized spacial score (nSPS) is 10.1. The van der Waals surface area contributed by atoms with Crippen molar-refractivity contribution in [2.24, 2.45) is 0 Å². The SMILES string of the molecule is CCN(CCC(=O)O)c1cc(Cl)ccc1OC. The molecule has 0 saturated carbocycles. The fourth-order valence-electron chi connectivity index (χ4n) is 1.59. The Morgan fingerprint density at radius 1 is 1.53 bits per heavy atom. The third kappa shape index (κ3) is 3.82. The molecule has 1 rings (SSSR count). The lowest BCUT2D eigenvalue weighted by Gasteiger charge is -2.24. The number of aliphatic carboxylic acids is 1. The first-order valence-electron chi connectivity index (χ1n) is 5.38. The fraction of sp³-hybridized carbons (Fsp3) is 0.417. The number of carboxylic acids is 1. The van der Waals surface area contributed by atoms with Crippen LogP contribution in [-0.4, -0.2) is 31.3 Å². The second-order valence-electron chi connectivity index (χ2n) is 3.54. The third-order valence-corrected chi connectivity index (χ3v) is 2.69. The predicted octanol–water partition coefficient (Wildman–Crippen LogP) is 2.65. The van der Waals surface area contributed by atoms with Gasteiger partial charge in [0.25, 0.3) is 0 Å². The van der Waals surface area contributed by atoms with Crippen molar-refractivity contribution in [3.8, 4) is 5.75 Å². The van der Waals surface area contributed by atoms with Crippen LogP contribution in [0, 0.1) is 0 Å². The van der Waals surface area contributed by atoms with E-state index in [4.69, 9.17) is 21.4 Å². The van der Waals surface area contributed by atoms with Gasteiger partial charge >= 0.3 is 5.97 Å². The highest BCUT2D eigenvalue weighted by Crippen LogP contribution is 2.31. The lowest BCUT2D eigenvalue weighted by atomic mass is 10.2. The summed E-state index contributed by atoms with van der Waals surface area (Å²) in [5.41, 5.74) is 0.823.